The minimum absolute atomic E-state index is 0.547. The number of nitrogens with zero attached hydrogens (tertiary/aromatic N) is 2. The van der Waals surface area contributed by atoms with Gasteiger partial charge in [0, 0.05) is 18.6 Å². The van der Waals surface area contributed by atoms with Crippen LogP contribution >= 0.6 is 0 Å². The van der Waals surface area contributed by atoms with Crippen molar-refractivity contribution in [2.24, 2.45) is 5.92 Å². The molecule has 1 aromatic carbocycles. The molecule has 0 bridgehead atoms. The van der Waals surface area contributed by atoms with Gasteiger partial charge in [0.1, 0.15) is 0 Å². The highest BCUT2D eigenvalue weighted by Gasteiger charge is 2.30. The van der Waals surface area contributed by atoms with E-state index in [1.54, 1.807) is 0 Å². The Hall–Kier alpha value is -0.860. The average molecular weight is 246 g/mol. The van der Waals surface area contributed by atoms with Crippen LogP contribution in [0.1, 0.15) is 31.9 Å². The van der Waals surface area contributed by atoms with Crippen LogP contribution in [0.15, 0.2) is 30.3 Å². The third-order valence-corrected chi connectivity index (χ3v) is 4.58. The highest BCUT2D eigenvalue weighted by molar-refractivity contribution is 5.18. The highest BCUT2D eigenvalue weighted by atomic mass is 15.2. The van der Waals surface area contributed by atoms with Crippen LogP contribution in [0.5, 0.6) is 0 Å². The van der Waals surface area contributed by atoms with Crippen molar-refractivity contribution < 1.29 is 0 Å². The average Bonchev–Trinajstić information content (AvgIpc) is 2.87. The maximum atomic E-state index is 2.62. The molecule has 2 rings (SSSR count). The van der Waals surface area contributed by atoms with Gasteiger partial charge >= 0.3 is 0 Å². The second kappa shape index (κ2) is 5.85. The van der Waals surface area contributed by atoms with Crippen LogP contribution in [0, 0.1) is 5.92 Å². The summed E-state index contributed by atoms with van der Waals surface area (Å²) in [5.41, 5.74) is 1.44. The van der Waals surface area contributed by atoms with E-state index < -0.39 is 0 Å². The van der Waals surface area contributed by atoms with Crippen molar-refractivity contribution in [3.8, 4) is 0 Å². The second-order valence-electron chi connectivity index (χ2n) is 5.83. The van der Waals surface area contributed by atoms with Gasteiger partial charge in [-0.05, 0) is 52.4 Å². The molecule has 18 heavy (non-hydrogen) atoms. The number of benzene rings is 1. The molecule has 1 saturated heterocycles. The first-order valence-corrected chi connectivity index (χ1v) is 7.05. The normalized spacial score (nSPS) is 24.4. The van der Waals surface area contributed by atoms with Gasteiger partial charge in [-0.3, -0.25) is 4.90 Å². The van der Waals surface area contributed by atoms with Gasteiger partial charge in [-0.15, -0.1) is 0 Å². The summed E-state index contributed by atoms with van der Waals surface area (Å²) >= 11 is 0. The van der Waals surface area contributed by atoms with Crippen molar-refractivity contribution in [3.63, 3.8) is 0 Å². The lowest BCUT2D eigenvalue weighted by Gasteiger charge is -2.28. The summed E-state index contributed by atoms with van der Waals surface area (Å²) in [6.07, 6.45) is 1.33. The smallest absolute Gasteiger partial charge is 0.0320 e. The summed E-state index contributed by atoms with van der Waals surface area (Å²) in [5, 5.41) is 0. The molecule has 0 radical (unpaired) electrons. The largest absolute Gasteiger partial charge is 0.306 e. The standard InChI is InChI=1S/C16H26N2/c1-13(17(3)4)16-10-11-18(12-16)14(2)15-8-6-5-7-9-15/h5-9,13-14,16H,10-12H2,1-4H3/t13-,14+,16-/m0/s1. The van der Waals surface area contributed by atoms with Crippen LogP contribution in [0.2, 0.25) is 0 Å². The van der Waals surface area contributed by atoms with Crippen LogP contribution < -0.4 is 0 Å². The van der Waals surface area contributed by atoms with Crippen LogP contribution in [0.3, 0.4) is 0 Å². The Morgan fingerprint density at radius 3 is 2.44 bits per heavy atom. The molecule has 0 spiro atoms. The molecule has 0 saturated carbocycles. The van der Waals surface area contributed by atoms with E-state index in [4.69, 9.17) is 0 Å². The lowest BCUT2D eigenvalue weighted by atomic mass is 10.00. The van der Waals surface area contributed by atoms with Gasteiger partial charge in [0.05, 0.1) is 0 Å². The number of hydrogen-bond acceptors (Lipinski definition) is 2. The van der Waals surface area contributed by atoms with Crippen LogP contribution in [-0.2, 0) is 0 Å². The van der Waals surface area contributed by atoms with Crippen LogP contribution in [0.4, 0.5) is 0 Å². The van der Waals surface area contributed by atoms with Gasteiger partial charge in [-0.1, -0.05) is 30.3 Å². The Kier molecular flexibility index (Phi) is 4.41. The van der Waals surface area contributed by atoms with Gasteiger partial charge in [0.15, 0.2) is 0 Å². The summed E-state index contributed by atoms with van der Waals surface area (Å²) in [4.78, 5) is 4.97. The molecule has 2 heteroatoms. The second-order valence-corrected chi connectivity index (χ2v) is 5.83. The fourth-order valence-electron chi connectivity index (χ4n) is 2.92. The Morgan fingerprint density at radius 1 is 1.17 bits per heavy atom. The fourth-order valence-corrected chi connectivity index (χ4v) is 2.92. The van der Waals surface area contributed by atoms with E-state index in [9.17, 15) is 0 Å². The van der Waals surface area contributed by atoms with Crippen molar-refractivity contribution in [1.82, 2.24) is 9.80 Å². The van der Waals surface area contributed by atoms with Gasteiger partial charge in [0.25, 0.3) is 0 Å². The summed E-state index contributed by atoms with van der Waals surface area (Å²) in [7, 11) is 4.38. The van der Waals surface area contributed by atoms with Gasteiger partial charge < -0.3 is 4.90 Å². The molecule has 1 aliphatic rings. The van der Waals surface area contributed by atoms with E-state index in [-0.39, 0.29) is 0 Å². The Balaban J connectivity index is 1.97. The highest BCUT2D eigenvalue weighted by Crippen LogP contribution is 2.29. The van der Waals surface area contributed by atoms with E-state index >= 15 is 0 Å². The Morgan fingerprint density at radius 2 is 1.83 bits per heavy atom. The molecule has 2 nitrogen and oxygen atoms in total. The first-order valence-electron chi connectivity index (χ1n) is 7.05. The van der Waals surface area contributed by atoms with Crippen molar-refractivity contribution >= 4 is 0 Å². The minimum Gasteiger partial charge on any atom is -0.306 e. The quantitative estimate of drug-likeness (QED) is 0.806. The van der Waals surface area contributed by atoms with Gasteiger partial charge in [-0.2, -0.15) is 0 Å². The lowest BCUT2D eigenvalue weighted by molar-refractivity contribution is 0.202. The predicted molar refractivity (Wildman–Crippen MR) is 77.7 cm³/mol. The molecule has 0 N–H and O–H groups in total. The number of likely N-dealkylation sites (tertiary alicyclic amines) is 1. The molecule has 1 heterocycles. The first-order chi connectivity index (χ1) is 8.59. The zero-order chi connectivity index (χ0) is 13.1. The third-order valence-electron chi connectivity index (χ3n) is 4.58. The first kappa shape index (κ1) is 13.6. The van der Waals surface area contributed by atoms with Crippen LogP contribution in [-0.4, -0.2) is 43.0 Å². The predicted octanol–water partition coefficient (Wildman–Crippen LogP) is 3.02. The minimum atomic E-state index is 0.547. The SMILES string of the molecule is C[C@H](c1ccccc1)N1CC[C@H]([C@H](C)N(C)C)C1. The van der Waals surface area contributed by atoms with E-state index in [2.05, 4.69) is 68.1 Å². The van der Waals surface area contributed by atoms with E-state index in [1.807, 2.05) is 0 Å². The molecular weight excluding hydrogens is 220 g/mol. The third kappa shape index (κ3) is 2.93. The topological polar surface area (TPSA) is 6.48 Å². The molecule has 1 aromatic rings. The maximum Gasteiger partial charge on any atom is 0.0320 e. The lowest BCUT2D eigenvalue weighted by Crippen LogP contribution is -2.34. The molecule has 0 aliphatic carbocycles. The van der Waals surface area contributed by atoms with Gasteiger partial charge in [0.2, 0.25) is 0 Å². The zero-order valence-electron chi connectivity index (χ0n) is 12.1. The summed E-state index contributed by atoms with van der Waals surface area (Å²) < 4.78 is 0. The van der Waals surface area contributed by atoms with E-state index in [0.717, 1.165) is 5.92 Å². The maximum absolute atomic E-state index is 2.62. The van der Waals surface area contributed by atoms with E-state index in [0.29, 0.717) is 12.1 Å². The molecular formula is C16H26N2. The number of hydrogen-bond donors (Lipinski definition) is 0. The van der Waals surface area contributed by atoms with Gasteiger partial charge in [-0.25, -0.2) is 0 Å². The van der Waals surface area contributed by atoms with Crippen molar-refractivity contribution in [1.29, 1.82) is 0 Å². The Bertz CT molecular complexity index is 361. The summed E-state index contributed by atoms with van der Waals surface area (Å²) in [5.74, 6) is 0.811. The molecule has 1 fully saturated rings. The van der Waals surface area contributed by atoms with Crippen molar-refractivity contribution in [2.75, 3.05) is 27.2 Å². The summed E-state index contributed by atoms with van der Waals surface area (Å²) in [6, 6.07) is 12.1. The van der Waals surface area contributed by atoms with E-state index in [1.165, 1.54) is 25.1 Å². The summed E-state index contributed by atoms with van der Waals surface area (Å²) in [6.45, 7) is 7.15. The van der Waals surface area contributed by atoms with Crippen molar-refractivity contribution in [2.45, 2.75) is 32.4 Å². The number of rotatable bonds is 4. The molecule has 1 aliphatic heterocycles. The molecule has 0 aromatic heterocycles. The molecule has 100 valence electrons. The van der Waals surface area contributed by atoms with Crippen LogP contribution in [0.25, 0.3) is 0 Å². The zero-order valence-corrected chi connectivity index (χ0v) is 12.1. The molecule has 3 atom stereocenters. The Labute approximate surface area is 112 Å². The molecule has 0 amide bonds. The van der Waals surface area contributed by atoms with Crippen molar-refractivity contribution in [3.05, 3.63) is 35.9 Å². The molecule has 0 unspecified atom stereocenters. The fraction of sp³-hybridized carbons (Fsp3) is 0.625. The monoisotopic (exact) mass is 246 g/mol.